The molecule has 10 nitrogen and oxygen atoms in total. The lowest BCUT2D eigenvalue weighted by Crippen LogP contribution is -2.44. The molecule has 0 atom stereocenters. The van der Waals surface area contributed by atoms with Gasteiger partial charge in [-0.05, 0) is 12.8 Å². The summed E-state index contributed by atoms with van der Waals surface area (Å²) in [5.41, 5.74) is 0.258. The zero-order valence-electron chi connectivity index (χ0n) is 18.9. The SMILES string of the molecule is CC#CCn1c(N2CCNCC2)nc2c1c(=O)n(C)c(=O)n2CC(C)C.O=C(O)C(F)(F)F. The molecule has 0 amide bonds. The number of imidazole rings is 1. The molecule has 1 aliphatic rings. The van der Waals surface area contributed by atoms with Crippen LogP contribution in [-0.4, -0.2) is 62.1 Å². The molecule has 13 heteroatoms. The van der Waals surface area contributed by atoms with E-state index in [4.69, 9.17) is 14.9 Å². The van der Waals surface area contributed by atoms with E-state index in [0.29, 0.717) is 30.2 Å². The van der Waals surface area contributed by atoms with Crippen LogP contribution >= 0.6 is 0 Å². The largest absolute Gasteiger partial charge is 0.490 e. The number of carbonyl (C=O) groups is 1. The van der Waals surface area contributed by atoms with Gasteiger partial charge in [0.1, 0.15) is 0 Å². The molecule has 0 radical (unpaired) electrons. The molecule has 0 spiro atoms. The van der Waals surface area contributed by atoms with Crippen molar-refractivity contribution in [1.82, 2.24) is 24.0 Å². The lowest BCUT2D eigenvalue weighted by Gasteiger charge is -2.28. The van der Waals surface area contributed by atoms with Gasteiger partial charge in [-0.3, -0.25) is 18.5 Å². The minimum Gasteiger partial charge on any atom is -0.475 e. The van der Waals surface area contributed by atoms with E-state index in [2.05, 4.69) is 22.1 Å². The molecule has 33 heavy (non-hydrogen) atoms. The number of halogens is 3. The summed E-state index contributed by atoms with van der Waals surface area (Å²) in [5.74, 6) is 4.14. The van der Waals surface area contributed by atoms with Crippen LogP contribution in [0.3, 0.4) is 0 Å². The average molecular weight is 472 g/mol. The fourth-order valence-corrected chi connectivity index (χ4v) is 3.29. The van der Waals surface area contributed by atoms with Crippen molar-refractivity contribution in [1.29, 1.82) is 0 Å². The van der Waals surface area contributed by atoms with Gasteiger partial charge in [-0.1, -0.05) is 19.8 Å². The smallest absolute Gasteiger partial charge is 0.475 e. The molecule has 0 saturated carbocycles. The summed E-state index contributed by atoms with van der Waals surface area (Å²) in [5, 5.41) is 10.4. The summed E-state index contributed by atoms with van der Waals surface area (Å²) >= 11 is 0. The van der Waals surface area contributed by atoms with E-state index in [1.807, 2.05) is 18.4 Å². The summed E-state index contributed by atoms with van der Waals surface area (Å²) in [6.45, 7) is 10.1. The normalized spacial score (nSPS) is 14.0. The Morgan fingerprint density at radius 3 is 2.27 bits per heavy atom. The van der Waals surface area contributed by atoms with Crippen LogP contribution in [-0.2, 0) is 24.9 Å². The quantitative estimate of drug-likeness (QED) is 0.627. The van der Waals surface area contributed by atoms with E-state index in [0.717, 1.165) is 26.2 Å². The summed E-state index contributed by atoms with van der Waals surface area (Å²) in [6.07, 6.45) is -5.08. The monoisotopic (exact) mass is 472 g/mol. The van der Waals surface area contributed by atoms with E-state index >= 15 is 0 Å². The zero-order valence-corrected chi connectivity index (χ0v) is 18.9. The zero-order chi connectivity index (χ0) is 24.9. The number of carboxylic acid groups (broad SMARTS) is 1. The van der Waals surface area contributed by atoms with Crippen molar-refractivity contribution in [2.75, 3.05) is 31.1 Å². The molecule has 1 saturated heterocycles. The Labute approximate surface area is 187 Å². The van der Waals surface area contributed by atoms with E-state index < -0.39 is 12.1 Å². The van der Waals surface area contributed by atoms with Crippen LogP contribution in [0.4, 0.5) is 19.1 Å². The van der Waals surface area contributed by atoms with Crippen molar-refractivity contribution < 1.29 is 23.1 Å². The van der Waals surface area contributed by atoms with Crippen molar-refractivity contribution >= 4 is 23.1 Å². The fraction of sp³-hybridized carbons (Fsp3) is 0.600. The highest BCUT2D eigenvalue weighted by atomic mass is 19.4. The predicted octanol–water partition coefficient (Wildman–Crippen LogP) is 0.619. The number of hydrogen-bond donors (Lipinski definition) is 2. The number of anilines is 1. The van der Waals surface area contributed by atoms with Gasteiger partial charge < -0.3 is 15.3 Å². The van der Waals surface area contributed by atoms with Crippen molar-refractivity contribution in [2.24, 2.45) is 13.0 Å². The minimum atomic E-state index is -5.08. The number of fused-ring (bicyclic) bond motifs is 1. The van der Waals surface area contributed by atoms with Gasteiger partial charge in [0.15, 0.2) is 11.2 Å². The van der Waals surface area contributed by atoms with Gasteiger partial charge in [0.2, 0.25) is 5.95 Å². The number of carboxylic acids is 1. The molecular weight excluding hydrogens is 445 g/mol. The Bertz CT molecular complexity index is 1180. The number of rotatable bonds is 4. The third-order valence-corrected chi connectivity index (χ3v) is 4.81. The molecule has 3 rings (SSSR count). The molecule has 0 unspecified atom stereocenters. The van der Waals surface area contributed by atoms with Crippen LogP contribution in [0.2, 0.25) is 0 Å². The number of nitrogens with one attached hydrogen (secondary N) is 1. The second-order valence-electron chi connectivity index (χ2n) is 7.79. The number of aromatic nitrogens is 4. The third-order valence-electron chi connectivity index (χ3n) is 4.81. The highest BCUT2D eigenvalue weighted by Crippen LogP contribution is 2.20. The van der Waals surface area contributed by atoms with Crippen molar-refractivity contribution in [3.05, 3.63) is 20.8 Å². The van der Waals surface area contributed by atoms with Crippen LogP contribution in [0, 0.1) is 17.8 Å². The molecular formula is C20H27F3N6O4. The number of alkyl halides is 3. The standard InChI is InChI=1S/C18H26N6O2.C2HF3O2/c1-5-6-9-23-14-15(20-17(23)22-10-7-19-8-11-22)24(12-13(2)3)18(26)21(4)16(14)25;3-2(4,5)1(6)7/h13,19H,7-12H2,1-4H3;(H,6,7). The Kier molecular flexibility index (Phi) is 8.32. The number of nitrogens with zero attached hydrogens (tertiary/aromatic N) is 5. The van der Waals surface area contributed by atoms with E-state index in [9.17, 15) is 22.8 Å². The average Bonchev–Trinajstić information content (AvgIpc) is 3.13. The Hall–Kier alpha value is -3.27. The Morgan fingerprint density at radius 2 is 1.79 bits per heavy atom. The molecule has 3 heterocycles. The van der Waals surface area contributed by atoms with E-state index in [-0.39, 0.29) is 17.2 Å². The predicted molar refractivity (Wildman–Crippen MR) is 116 cm³/mol. The molecule has 0 bridgehead atoms. The van der Waals surface area contributed by atoms with Gasteiger partial charge in [0.25, 0.3) is 5.56 Å². The van der Waals surface area contributed by atoms with Crippen LogP contribution in [0.15, 0.2) is 9.59 Å². The Balaban J connectivity index is 0.000000479. The first-order valence-electron chi connectivity index (χ1n) is 10.3. The molecule has 1 fully saturated rings. The molecule has 2 aromatic rings. The van der Waals surface area contributed by atoms with Crippen LogP contribution in [0.5, 0.6) is 0 Å². The molecule has 2 N–H and O–H groups in total. The lowest BCUT2D eigenvalue weighted by atomic mass is 10.2. The van der Waals surface area contributed by atoms with Crippen LogP contribution < -0.4 is 21.5 Å². The molecule has 0 aliphatic carbocycles. The number of aliphatic carboxylic acids is 1. The molecule has 0 aromatic carbocycles. The maximum absolute atomic E-state index is 12.9. The maximum Gasteiger partial charge on any atom is 0.490 e. The Morgan fingerprint density at radius 1 is 1.21 bits per heavy atom. The van der Waals surface area contributed by atoms with Gasteiger partial charge in [-0.2, -0.15) is 18.2 Å². The molecule has 1 aliphatic heterocycles. The topological polar surface area (TPSA) is 114 Å². The first kappa shape index (κ1) is 26.0. The second-order valence-corrected chi connectivity index (χ2v) is 7.79. The van der Waals surface area contributed by atoms with E-state index in [1.165, 1.54) is 11.6 Å². The number of hydrogen-bond acceptors (Lipinski definition) is 6. The summed E-state index contributed by atoms with van der Waals surface area (Å²) in [4.78, 5) is 41.3. The van der Waals surface area contributed by atoms with Gasteiger partial charge in [0, 0.05) is 39.8 Å². The number of piperazine rings is 1. The highest BCUT2D eigenvalue weighted by Gasteiger charge is 2.38. The van der Waals surface area contributed by atoms with Crippen LogP contribution in [0.1, 0.15) is 20.8 Å². The molecule has 2 aromatic heterocycles. The van der Waals surface area contributed by atoms with Crippen molar-refractivity contribution in [3.63, 3.8) is 0 Å². The van der Waals surface area contributed by atoms with Crippen molar-refractivity contribution in [3.8, 4) is 11.8 Å². The second kappa shape index (κ2) is 10.6. The van der Waals surface area contributed by atoms with Gasteiger partial charge >= 0.3 is 17.8 Å². The summed E-state index contributed by atoms with van der Waals surface area (Å²) in [6, 6.07) is 0. The first-order chi connectivity index (χ1) is 15.4. The minimum absolute atomic E-state index is 0.261. The molecule has 182 valence electrons. The van der Waals surface area contributed by atoms with E-state index in [1.54, 1.807) is 11.5 Å². The first-order valence-corrected chi connectivity index (χ1v) is 10.3. The van der Waals surface area contributed by atoms with Gasteiger partial charge in [-0.25, -0.2) is 9.59 Å². The maximum atomic E-state index is 12.9. The lowest BCUT2D eigenvalue weighted by molar-refractivity contribution is -0.192. The van der Waals surface area contributed by atoms with Gasteiger partial charge in [-0.15, -0.1) is 5.92 Å². The van der Waals surface area contributed by atoms with Gasteiger partial charge in [0.05, 0.1) is 6.54 Å². The van der Waals surface area contributed by atoms with Crippen molar-refractivity contribution in [2.45, 2.75) is 40.0 Å². The highest BCUT2D eigenvalue weighted by molar-refractivity contribution is 5.75. The summed E-state index contributed by atoms with van der Waals surface area (Å²) < 4.78 is 36.4. The third kappa shape index (κ3) is 5.95. The fourth-order valence-electron chi connectivity index (χ4n) is 3.29. The summed E-state index contributed by atoms with van der Waals surface area (Å²) in [7, 11) is 1.52. The van der Waals surface area contributed by atoms with Crippen LogP contribution in [0.25, 0.3) is 11.2 Å².